The smallest absolute Gasteiger partial charge is 0.416 e. The standard InChI is InChI=1S/C26H19ClF3N3O5/c1-36-21-12-18(27)11-16(23(21)38-14-22(34)37-2)13-31-33-24(15-6-5-7-17(10-15)26(28,29)30)32-20-9-4-3-8-19(20)25(33)35/h3-13H,14H2,1-2H3. The molecule has 0 saturated carbocycles. The molecule has 4 aromatic rings. The van der Waals surface area contributed by atoms with Crippen molar-refractivity contribution in [3.05, 3.63) is 87.2 Å². The van der Waals surface area contributed by atoms with E-state index in [-0.39, 0.29) is 44.4 Å². The summed E-state index contributed by atoms with van der Waals surface area (Å²) in [7, 11) is 2.56. The first-order valence-electron chi connectivity index (χ1n) is 10.9. The second-order valence-corrected chi connectivity index (χ2v) is 8.22. The lowest BCUT2D eigenvalue weighted by Gasteiger charge is -2.14. The molecule has 0 atom stereocenters. The number of rotatable bonds is 7. The number of benzene rings is 3. The van der Waals surface area contributed by atoms with Crippen molar-refractivity contribution in [1.82, 2.24) is 9.66 Å². The number of fused-ring (bicyclic) bond motifs is 1. The highest BCUT2D eigenvalue weighted by molar-refractivity contribution is 6.31. The fraction of sp³-hybridized carbons (Fsp3) is 0.154. The number of nitrogens with zero attached hydrogens (tertiary/aromatic N) is 3. The number of hydrogen-bond acceptors (Lipinski definition) is 7. The fourth-order valence-electron chi connectivity index (χ4n) is 3.55. The summed E-state index contributed by atoms with van der Waals surface area (Å²) < 4.78 is 56.5. The van der Waals surface area contributed by atoms with Gasteiger partial charge in [0.1, 0.15) is 0 Å². The van der Waals surface area contributed by atoms with E-state index >= 15 is 0 Å². The van der Waals surface area contributed by atoms with Gasteiger partial charge in [0.2, 0.25) is 0 Å². The number of carbonyl (C=O) groups is 1. The number of methoxy groups -OCH3 is 2. The summed E-state index contributed by atoms with van der Waals surface area (Å²) in [6.45, 7) is -0.456. The average Bonchev–Trinajstić information content (AvgIpc) is 2.90. The first kappa shape index (κ1) is 26.7. The van der Waals surface area contributed by atoms with Crippen molar-refractivity contribution in [2.45, 2.75) is 6.18 Å². The van der Waals surface area contributed by atoms with E-state index in [2.05, 4.69) is 14.8 Å². The van der Waals surface area contributed by atoms with Gasteiger partial charge >= 0.3 is 12.1 Å². The zero-order valence-corrected chi connectivity index (χ0v) is 20.7. The first-order chi connectivity index (χ1) is 18.1. The van der Waals surface area contributed by atoms with Gasteiger partial charge in [-0.2, -0.15) is 22.9 Å². The van der Waals surface area contributed by atoms with E-state index in [0.717, 1.165) is 16.8 Å². The molecular formula is C26H19ClF3N3O5. The molecule has 0 bridgehead atoms. The third-order valence-electron chi connectivity index (χ3n) is 5.34. The minimum Gasteiger partial charge on any atom is -0.493 e. The lowest BCUT2D eigenvalue weighted by atomic mass is 10.1. The van der Waals surface area contributed by atoms with Gasteiger partial charge in [0.25, 0.3) is 5.56 Å². The maximum atomic E-state index is 13.4. The zero-order valence-electron chi connectivity index (χ0n) is 20.0. The zero-order chi connectivity index (χ0) is 27.4. The quantitative estimate of drug-likeness (QED) is 0.235. The number of para-hydroxylation sites is 1. The minimum atomic E-state index is -4.61. The van der Waals surface area contributed by atoms with Crippen LogP contribution in [0.15, 0.2) is 70.6 Å². The molecule has 1 heterocycles. The molecule has 12 heteroatoms. The van der Waals surface area contributed by atoms with E-state index in [1.807, 2.05) is 0 Å². The third kappa shape index (κ3) is 5.62. The Bertz CT molecular complexity index is 1600. The number of alkyl halides is 3. The summed E-state index contributed by atoms with van der Waals surface area (Å²) in [6.07, 6.45) is -3.40. The summed E-state index contributed by atoms with van der Waals surface area (Å²) in [5, 5.41) is 4.68. The minimum absolute atomic E-state index is 0.0191. The summed E-state index contributed by atoms with van der Waals surface area (Å²) >= 11 is 6.19. The van der Waals surface area contributed by atoms with Gasteiger partial charge in [-0.05, 0) is 30.3 Å². The highest BCUT2D eigenvalue weighted by Crippen LogP contribution is 2.34. The van der Waals surface area contributed by atoms with Crippen LogP contribution < -0.4 is 15.0 Å². The highest BCUT2D eigenvalue weighted by Gasteiger charge is 2.31. The summed E-state index contributed by atoms with van der Waals surface area (Å²) in [6, 6.07) is 13.7. The predicted molar refractivity (Wildman–Crippen MR) is 135 cm³/mol. The maximum Gasteiger partial charge on any atom is 0.416 e. The van der Waals surface area contributed by atoms with Crippen molar-refractivity contribution >= 4 is 34.7 Å². The first-order valence-corrected chi connectivity index (χ1v) is 11.3. The van der Waals surface area contributed by atoms with Gasteiger partial charge in [0.05, 0.1) is 36.9 Å². The van der Waals surface area contributed by atoms with Crippen molar-refractivity contribution < 1.29 is 32.2 Å². The Kier molecular flexibility index (Phi) is 7.67. The predicted octanol–water partition coefficient (Wildman–Crippen LogP) is 5.18. The van der Waals surface area contributed by atoms with Gasteiger partial charge in [-0.25, -0.2) is 9.78 Å². The summed E-state index contributed by atoms with van der Waals surface area (Å²) in [4.78, 5) is 29.5. The Morgan fingerprint density at radius 2 is 1.87 bits per heavy atom. The summed E-state index contributed by atoms with van der Waals surface area (Å²) in [5.74, 6) is -0.535. The Labute approximate surface area is 218 Å². The van der Waals surface area contributed by atoms with Gasteiger partial charge in [-0.3, -0.25) is 4.79 Å². The molecule has 0 radical (unpaired) electrons. The Morgan fingerprint density at radius 3 is 2.58 bits per heavy atom. The van der Waals surface area contributed by atoms with Crippen LogP contribution in [-0.4, -0.2) is 42.7 Å². The molecule has 0 amide bonds. The van der Waals surface area contributed by atoms with E-state index in [9.17, 15) is 22.8 Å². The van der Waals surface area contributed by atoms with Crippen LogP contribution in [0.4, 0.5) is 13.2 Å². The molecule has 3 aromatic carbocycles. The molecule has 38 heavy (non-hydrogen) atoms. The highest BCUT2D eigenvalue weighted by atomic mass is 35.5. The normalized spacial score (nSPS) is 11.6. The van der Waals surface area contributed by atoms with Gasteiger partial charge in [0.15, 0.2) is 23.9 Å². The molecular weight excluding hydrogens is 527 g/mol. The molecule has 0 aliphatic rings. The Hall–Kier alpha value is -4.38. The molecule has 0 aliphatic carbocycles. The molecule has 0 fully saturated rings. The Morgan fingerprint density at radius 1 is 1.11 bits per heavy atom. The van der Waals surface area contributed by atoms with E-state index in [4.69, 9.17) is 21.1 Å². The van der Waals surface area contributed by atoms with Crippen molar-refractivity contribution in [2.75, 3.05) is 20.8 Å². The fourth-order valence-corrected chi connectivity index (χ4v) is 3.77. The topological polar surface area (TPSA) is 92.0 Å². The second-order valence-electron chi connectivity index (χ2n) is 7.78. The van der Waals surface area contributed by atoms with Crippen LogP contribution in [0.1, 0.15) is 11.1 Å². The van der Waals surface area contributed by atoms with E-state index in [0.29, 0.717) is 0 Å². The van der Waals surface area contributed by atoms with Gasteiger partial charge in [-0.15, -0.1) is 0 Å². The number of ether oxygens (including phenoxy) is 3. The van der Waals surface area contributed by atoms with Crippen molar-refractivity contribution in [1.29, 1.82) is 0 Å². The second kappa shape index (κ2) is 10.9. The van der Waals surface area contributed by atoms with E-state index < -0.39 is 29.9 Å². The average molecular weight is 546 g/mol. The molecule has 1 aromatic heterocycles. The largest absolute Gasteiger partial charge is 0.493 e. The number of carbonyl (C=O) groups excluding carboxylic acids is 1. The number of hydrogen-bond donors (Lipinski definition) is 0. The summed E-state index contributed by atoms with van der Waals surface area (Å²) in [5.41, 5.74) is -1.02. The van der Waals surface area contributed by atoms with Gasteiger partial charge < -0.3 is 14.2 Å². The maximum absolute atomic E-state index is 13.4. The van der Waals surface area contributed by atoms with Crippen LogP contribution in [0, 0.1) is 0 Å². The number of esters is 1. The molecule has 0 spiro atoms. The van der Waals surface area contributed by atoms with Crippen molar-refractivity contribution in [2.24, 2.45) is 5.10 Å². The van der Waals surface area contributed by atoms with E-state index in [1.54, 1.807) is 18.2 Å². The van der Waals surface area contributed by atoms with Crippen LogP contribution >= 0.6 is 11.6 Å². The molecule has 4 rings (SSSR count). The van der Waals surface area contributed by atoms with Crippen molar-refractivity contribution in [3.63, 3.8) is 0 Å². The van der Waals surface area contributed by atoms with Crippen molar-refractivity contribution in [3.8, 4) is 22.9 Å². The van der Waals surface area contributed by atoms with Gasteiger partial charge in [0, 0.05) is 22.2 Å². The molecule has 0 unspecified atom stereocenters. The SMILES string of the molecule is COC(=O)COc1c(C=Nn2c(-c3cccc(C(F)(F)F)c3)nc3ccccc3c2=O)cc(Cl)cc1OC. The molecule has 0 aliphatic heterocycles. The lowest BCUT2D eigenvalue weighted by molar-refractivity contribution is -0.143. The molecule has 196 valence electrons. The Balaban J connectivity index is 1.91. The molecule has 0 saturated heterocycles. The van der Waals surface area contributed by atoms with Crippen LogP contribution in [0.25, 0.3) is 22.3 Å². The lowest BCUT2D eigenvalue weighted by Crippen LogP contribution is -2.20. The van der Waals surface area contributed by atoms with Crippen LogP contribution in [0.5, 0.6) is 11.5 Å². The van der Waals surface area contributed by atoms with E-state index in [1.165, 1.54) is 50.8 Å². The number of aromatic nitrogens is 2. The van der Waals surface area contributed by atoms with Gasteiger partial charge in [-0.1, -0.05) is 35.9 Å². The van der Waals surface area contributed by atoms with Crippen LogP contribution in [0.2, 0.25) is 5.02 Å². The van der Waals surface area contributed by atoms with Crippen LogP contribution in [-0.2, 0) is 15.7 Å². The molecule has 0 N–H and O–H groups in total. The monoisotopic (exact) mass is 545 g/mol. The third-order valence-corrected chi connectivity index (χ3v) is 5.56. The number of halogens is 4. The van der Waals surface area contributed by atoms with Crippen LogP contribution in [0.3, 0.4) is 0 Å². The molecule has 8 nitrogen and oxygen atoms in total.